The van der Waals surface area contributed by atoms with Crippen LogP contribution < -0.4 is 10.6 Å². The van der Waals surface area contributed by atoms with Gasteiger partial charge in [0.2, 0.25) is 5.91 Å². The molecule has 0 aromatic heterocycles. The number of hydrogen-bond acceptors (Lipinski definition) is 1. The van der Waals surface area contributed by atoms with Gasteiger partial charge in [0, 0.05) is 25.0 Å². The largest absolute Gasteiger partial charge is 0.352 e. The fraction of sp³-hybridized carbons (Fsp3) is 0.875. The summed E-state index contributed by atoms with van der Waals surface area (Å²) in [5, 5.41) is 7.19. The number of carbonyl (C=O) groups is 1. The molecule has 1 atom stereocenters. The Kier molecular flexibility index (Phi) is 1.82. The van der Waals surface area contributed by atoms with E-state index in [-0.39, 0.29) is 5.91 Å². The zero-order chi connectivity index (χ0) is 7.68. The molecule has 0 bridgehead atoms. The molecule has 0 spiro atoms. The molecule has 1 aliphatic heterocycles. The molecule has 2 rings (SSSR count). The molecule has 1 aliphatic carbocycles. The molecule has 0 aromatic carbocycles. The van der Waals surface area contributed by atoms with E-state index in [0.717, 1.165) is 32.4 Å². The van der Waals surface area contributed by atoms with Crippen LogP contribution in [0.1, 0.15) is 19.3 Å². The summed E-state index contributed by atoms with van der Waals surface area (Å²) in [6, 6.07) is 0.350. The van der Waals surface area contributed by atoms with E-state index in [1.165, 1.54) is 0 Å². The molecule has 3 heteroatoms. The monoisotopic (exact) mass is 153 g/mol. The van der Waals surface area contributed by atoms with Gasteiger partial charge in [-0.15, -0.1) is 0 Å². The predicted octanol–water partition coefficient (Wildman–Crippen LogP) is -0.111. The molecule has 1 heterocycles. The highest BCUT2D eigenvalue weighted by Gasteiger charge is 2.31. The maximum Gasteiger partial charge on any atom is 0.223 e. The van der Waals surface area contributed by atoms with E-state index in [1.54, 1.807) is 0 Å². The summed E-state index contributed by atoms with van der Waals surface area (Å²) in [5.74, 6) is 0.600. The van der Waals surface area contributed by atoms with Crippen LogP contribution in [0.25, 0.3) is 0 Å². The van der Waals surface area contributed by atoms with Crippen LogP contribution in [0, 0.1) is 5.92 Å². The van der Waals surface area contributed by atoms with E-state index in [2.05, 4.69) is 10.6 Å². The Morgan fingerprint density at radius 1 is 1.36 bits per heavy atom. The lowest BCUT2D eigenvalue weighted by atomic mass is 10.2. The molecule has 2 aliphatic rings. The van der Waals surface area contributed by atoms with Gasteiger partial charge in [-0.05, 0) is 19.3 Å². The molecule has 1 saturated heterocycles. The summed E-state index contributed by atoms with van der Waals surface area (Å²) in [6.45, 7) is 1.76. The zero-order valence-corrected chi connectivity index (χ0v) is 6.55. The average molecular weight is 153 g/mol. The summed E-state index contributed by atoms with van der Waals surface area (Å²) in [4.78, 5) is 11.2. The second-order valence-corrected chi connectivity index (χ2v) is 3.40. The third-order valence-corrected chi connectivity index (χ3v) is 2.28. The van der Waals surface area contributed by atoms with Crippen molar-refractivity contribution in [3.63, 3.8) is 0 Å². The van der Waals surface area contributed by atoms with E-state index in [4.69, 9.17) is 0 Å². The molecule has 1 unspecified atom stereocenters. The molecule has 1 radical (unpaired) electrons. The molecule has 1 N–H and O–H groups in total. The van der Waals surface area contributed by atoms with Gasteiger partial charge in [-0.1, -0.05) is 0 Å². The van der Waals surface area contributed by atoms with Crippen LogP contribution in [-0.2, 0) is 4.79 Å². The zero-order valence-electron chi connectivity index (χ0n) is 6.55. The van der Waals surface area contributed by atoms with Crippen LogP contribution in [0.3, 0.4) is 0 Å². The van der Waals surface area contributed by atoms with Crippen molar-refractivity contribution < 1.29 is 4.79 Å². The Bertz CT molecular complexity index is 159. The van der Waals surface area contributed by atoms with Crippen LogP contribution in [0.5, 0.6) is 0 Å². The van der Waals surface area contributed by atoms with Gasteiger partial charge in [0.05, 0.1) is 0 Å². The van der Waals surface area contributed by atoms with Crippen molar-refractivity contribution in [3.8, 4) is 0 Å². The number of rotatable bonds is 2. The first-order chi connectivity index (χ1) is 5.36. The highest BCUT2D eigenvalue weighted by molar-refractivity contribution is 5.81. The fourth-order valence-electron chi connectivity index (χ4n) is 1.37. The topological polar surface area (TPSA) is 43.2 Å². The van der Waals surface area contributed by atoms with Gasteiger partial charge in [0.15, 0.2) is 0 Å². The molecule has 1 amide bonds. The van der Waals surface area contributed by atoms with Gasteiger partial charge in [-0.3, -0.25) is 4.79 Å². The van der Waals surface area contributed by atoms with E-state index < -0.39 is 0 Å². The van der Waals surface area contributed by atoms with Crippen molar-refractivity contribution in [2.45, 2.75) is 25.3 Å². The van der Waals surface area contributed by atoms with Crippen LogP contribution in [0.15, 0.2) is 0 Å². The predicted molar refractivity (Wildman–Crippen MR) is 41.1 cm³/mol. The summed E-state index contributed by atoms with van der Waals surface area (Å²) in [7, 11) is 0. The van der Waals surface area contributed by atoms with E-state index in [0.29, 0.717) is 12.0 Å². The van der Waals surface area contributed by atoms with Gasteiger partial charge in [0.1, 0.15) is 0 Å². The third kappa shape index (κ3) is 1.71. The van der Waals surface area contributed by atoms with Crippen LogP contribution in [0.2, 0.25) is 0 Å². The Morgan fingerprint density at radius 3 is 2.73 bits per heavy atom. The van der Waals surface area contributed by atoms with Crippen LogP contribution >= 0.6 is 0 Å². The Labute approximate surface area is 66.5 Å². The van der Waals surface area contributed by atoms with Crippen molar-refractivity contribution in [2.75, 3.05) is 13.1 Å². The van der Waals surface area contributed by atoms with E-state index in [1.807, 2.05) is 0 Å². The molecule has 1 saturated carbocycles. The van der Waals surface area contributed by atoms with Gasteiger partial charge >= 0.3 is 0 Å². The van der Waals surface area contributed by atoms with Gasteiger partial charge in [0.25, 0.3) is 0 Å². The fourth-order valence-corrected chi connectivity index (χ4v) is 1.37. The normalized spacial score (nSPS) is 30.4. The first-order valence-corrected chi connectivity index (χ1v) is 4.30. The molecular formula is C8H13N2O. The number of hydrogen-bond donors (Lipinski definition) is 1. The smallest absolute Gasteiger partial charge is 0.223 e. The lowest BCUT2D eigenvalue weighted by molar-refractivity contribution is -0.122. The summed E-state index contributed by atoms with van der Waals surface area (Å²) in [5.41, 5.74) is 0. The Hall–Kier alpha value is -0.570. The van der Waals surface area contributed by atoms with Crippen molar-refractivity contribution >= 4 is 5.91 Å². The molecule has 11 heavy (non-hydrogen) atoms. The minimum Gasteiger partial charge on any atom is -0.352 e. The van der Waals surface area contributed by atoms with Gasteiger partial charge in [-0.25, -0.2) is 5.32 Å². The van der Waals surface area contributed by atoms with Gasteiger partial charge in [-0.2, -0.15) is 0 Å². The number of carbonyl (C=O) groups excluding carboxylic acids is 1. The molecule has 3 nitrogen and oxygen atoms in total. The summed E-state index contributed by atoms with van der Waals surface area (Å²) >= 11 is 0. The van der Waals surface area contributed by atoms with Crippen molar-refractivity contribution in [1.82, 2.24) is 10.6 Å². The van der Waals surface area contributed by atoms with Crippen molar-refractivity contribution in [2.24, 2.45) is 5.92 Å². The second-order valence-electron chi connectivity index (χ2n) is 3.40. The minimum absolute atomic E-state index is 0.257. The summed E-state index contributed by atoms with van der Waals surface area (Å²) < 4.78 is 0. The summed E-state index contributed by atoms with van der Waals surface area (Å²) in [6.07, 6.45) is 3.23. The number of nitrogens with one attached hydrogen (secondary N) is 1. The molecular weight excluding hydrogens is 140 g/mol. The molecule has 0 aromatic rings. The first kappa shape index (κ1) is 7.10. The quantitative estimate of drug-likeness (QED) is 0.591. The maximum atomic E-state index is 11.2. The third-order valence-electron chi connectivity index (χ3n) is 2.28. The highest BCUT2D eigenvalue weighted by atomic mass is 16.2. The van der Waals surface area contributed by atoms with Crippen LogP contribution in [-0.4, -0.2) is 25.0 Å². The lowest BCUT2D eigenvalue weighted by Gasteiger charge is -2.09. The van der Waals surface area contributed by atoms with Crippen molar-refractivity contribution in [1.29, 1.82) is 0 Å². The average Bonchev–Trinajstić information content (AvgIpc) is 2.73. The first-order valence-electron chi connectivity index (χ1n) is 4.30. The number of amides is 1. The lowest BCUT2D eigenvalue weighted by Crippen LogP contribution is -2.36. The molecule has 2 fully saturated rings. The molecule has 61 valence electrons. The Morgan fingerprint density at radius 2 is 2.18 bits per heavy atom. The number of nitrogens with zero attached hydrogens (tertiary/aromatic N) is 1. The van der Waals surface area contributed by atoms with Gasteiger partial charge < -0.3 is 5.32 Å². The van der Waals surface area contributed by atoms with Crippen molar-refractivity contribution in [3.05, 3.63) is 0 Å². The second kappa shape index (κ2) is 2.81. The Balaban J connectivity index is 1.74. The highest BCUT2D eigenvalue weighted by Crippen LogP contribution is 2.29. The van der Waals surface area contributed by atoms with E-state index >= 15 is 0 Å². The van der Waals surface area contributed by atoms with E-state index in [9.17, 15) is 4.79 Å². The maximum absolute atomic E-state index is 11.2. The van der Waals surface area contributed by atoms with Crippen LogP contribution in [0.4, 0.5) is 0 Å². The minimum atomic E-state index is 0.257. The SMILES string of the molecule is O=C(NC1CC[N]C1)C1CC1. The standard InChI is InChI=1S/C8H13N2O/c11-8(6-1-2-6)10-7-3-4-9-5-7/h6-7H,1-5H2,(H,10,11).